The van der Waals surface area contributed by atoms with Crippen molar-refractivity contribution in [3.05, 3.63) is 0 Å². The van der Waals surface area contributed by atoms with Crippen molar-refractivity contribution in [3.8, 4) is 0 Å². The summed E-state index contributed by atoms with van der Waals surface area (Å²) < 4.78 is 0. The highest BCUT2D eigenvalue weighted by atomic mass is 35.5. The van der Waals surface area contributed by atoms with Crippen molar-refractivity contribution in [2.75, 3.05) is 6.54 Å². The lowest BCUT2D eigenvalue weighted by Gasteiger charge is -2.32. The van der Waals surface area contributed by atoms with Gasteiger partial charge >= 0.3 is 0 Å². The molecule has 0 aromatic carbocycles. The van der Waals surface area contributed by atoms with Crippen LogP contribution in [0.1, 0.15) is 65.2 Å². The summed E-state index contributed by atoms with van der Waals surface area (Å²) >= 11 is 0. The molecule has 118 valence electrons. The maximum atomic E-state index is 12.2. The van der Waals surface area contributed by atoms with Gasteiger partial charge in [-0.3, -0.25) is 4.79 Å². The predicted molar refractivity (Wildman–Crippen MR) is 86.2 cm³/mol. The second kappa shape index (κ2) is 8.89. The fraction of sp³-hybridized carbons (Fsp3) is 0.938. The fourth-order valence-corrected chi connectivity index (χ4v) is 3.67. The number of nitrogens with one attached hydrogen (secondary N) is 2. The summed E-state index contributed by atoms with van der Waals surface area (Å²) in [6.45, 7) is 5.53. The van der Waals surface area contributed by atoms with Crippen molar-refractivity contribution in [2.24, 2.45) is 11.8 Å². The van der Waals surface area contributed by atoms with Crippen LogP contribution in [0.15, 0.2) is 0 Å². The zero-order chi connectivity index (χ0) is 13.7. The van der Waals surface area contributed by atoms with Crippen molar-refractivity contribution in [2.45, 2.75) is 77.3 Å². The molecular formula is C16H31ClN2O. The molecule has 3 atom stereocenters. The van der Waals surface area contributed by atoms with Gasteiger partial charge in [0.05, 0.1) is 0 Å². The summed E-state index contributed by atoms with van der Waals surface area (Å²) in [5, 5.41) is 6.68. The first-order valence-electron chi connectivity index (χ1n) is 8.19. The quantitative estimate of drug-likeness (QED) is 0.837. The summed E-state index contributed by atoms with van der Waals surface area (Å²) in [5.74, 6) is 1.59. The van der Waals surface area contributed by atoms with Crippen LogP contribution >= 0.6 is 12.4 Å². The second-order valence-corrected chi connectivity index (χ2v) is 6.64. The van der Waals surface area contributed by atoms with E-state index in [1.54, 1.807) is 0 Å². The van der Waals surface area contributed by atoms with E-state index in [4.69, 9.17) is 0 Å². The Labute approximate surface area is 130 Å². The van der Waals surface area contributed by atoms with E-state index in [9.17, 15) is 4.79 Å². The third kappa shape index (κ3) is 5.25. The molecule has 20 heavy (non-hydrogen) atoms. The van der Waals surface area contributed by atoms with E-state index in [0.717, 1.165) is 18.9 Å². The Morgan fingerprint density at radius 3 is 2.55 bits per heavy atom. The first-order valence-corrected chi connectivity index (χ1v) is 8.19. The molecule has 1 aliphatic carbocycles. The molecule has 1 saturated heterocycles. The number of hydrogen-bond donors (Lipinski definition) is 2. The Morgan fingerprint density at radius 1 is 1.20 bits per heavy atom. The van der Waals surface area contributed by atoms with Crippen molar-refractivity contribution in [1.29, 1.82) is 0 Å². The zero-order valence-corrected chi connectivity index (χ0v) is 13.8. The first kappa shape index (κ1) is 17.8. The number of carbonyl (C=O) groups excluding carboxylic acids is 1. The largest absolute Gasteiger partial charge is 0.352 e. The van der Waals surface area contributed by atoms with Gasteiger partial charge in [-0.25, -0.2) is 0 Å². The molecule has 0 radical (unpaired) electrons. The van der Waals surface area contributed by atoms with Gasteiger partial charge in [-0.05, 0) is 38.1 Å². The van der Waals surface area contributed by atoms with Gasteiger partial charge in [-0.15, -0.1) is 12.4 Å². The average Bonchev–Trinajstić information content (AvgIpc) is 2.42. The average molecular weight is 303 g/mol. The third-order valence-electron chi connectivity index (χ3n) is 5.07. The number of amides is 1. The molecule has 0 aromatic rings. The summed E-state index contributed by atoms with van der Waals surface area (Å²) in [5.41, 5.74) is 0. The predicted octanol–water partition coefficient (Wildman–Crippen LogP) is 3.27. The maximum Gasteiger partial charge on any atom is 0.220 e. The van der Waals surface area contributed by atoms with Crippen LogP contribution in [0.4, 0.5) is 0 Å². The van der Waals surface area contributed by atoms with Crippen molar-refractivity contribution < 1.29 is 4.79 Å². The van der Waals surface area contributed by atoms with E-state index in [0.29, 0.717) is 24.4 Å². The lowest BCUT2D eigenvalue weighted by atomic mass is 9.79. The van der Waals surface area contributed by atoms with Gasteiger partial charge in [0.1, 0.15) is 0 Å². The van der Waals surface area contributed by atoms with Gasteiger partial charge in [0.15, 0.2) is 0 Å². The Morgan fingerprint density at radius 2 is 1.90 bits per heavy atom. The van der Waals surface area contributed by atoms with Gasteiger partial charge in [0.2, 0.25) is 5.91 Å². The number of carbonyl (C=O) groups is 1. The molecule has 4 heteroatoms. The normalized spacial score (nSPS) is 29.3. The monoisotopic (exact) mass is 302 g/mol. The lowest BCUT2D eigenvalue weighted by molar-refractivity contribution is -0.123. The minimum absolute atomic E-state index is 0. The first-order chi connectivity index (χ1) is 9.16. The SMILES string of the molecule is CC(CC(=O)NC1CCCNC1C)C1CCCCC1.Cl. The van der Waals surface area contributed by atoms with Crippen LogP contribution in [0.25, 0.3) is 0 Å². The molecular weight excluding hydrogens is 272 g/mol. The van der Waals surface area contributed by atoms with Gasteiger partial charge in [0.25, 0.3) is 0 Å². The van der Waals surface area contributed by atoms with Crippen LogP contribution in [-0.2, 0) is 4.79 Å². The highest BCUT2D eigenvalue weighted by Crippen LogP contribution is 2.31. The molecule has 1 aliphatic heterocycles. The van der Waals surface area contributed by atoms with Gasteiger partial charge in [0, 0.05) is 18.5 Å². The van der Waals surface area contributed by atoms with Crippen molar-refractivity contribution >= 4 is 18.3 Å². The third-order valence-corrected chi connectivity index (χ3v) is 5.07. The van der Waals surface area contributed by atoms with Crippen LogP contribution < -0.4 is 10.6 Å². The van der Waals surface area contributed by atoms with Crippen LogP contribution in [0.5, 0.6) is 0 Å². The summed E-state index contributed by atoms with van der Waals surface area (Å²) in [6, 6.07) is 0.752. The smallest absolute Gasteiger partial charge is 0.220 e. The molecule has 2 N–H and O–H groups in total. The Bertz CT molecular complexity index is 292. The van der Waals surface area contributed by atoms with Crippen LogP contribution in [0.3, 0.4) is 0 Å². The minimum atomic E-state index is 0. The van der Waals surface area contributed by atoms with Crippen LogP contribution in [0, 0.1) is 11.8 Å². The molecule has 2 rings (SSSR count). The summed E-state index contributed by atoms with van der Waals surface area (Å²) in [6.07, 6.45) is 9.78. The topological polar surface area (TPSA) is 41.1 Å². The van der Waals surface area contributed by atoms with E-state index in [1.165, 1.54) is 38.5 Å². The highest BCUT2D eigenvalue weighted by molar-refractivity contribution is 5.85. The number of hydrogen-bond acceptors (Lipinski definition) is 2. The minimum Gasteiger partial charge on any atom is -0.352 e. The Hall–Kier alpha value is -0.280. The fourth-order valence-electron chi connectivity index (χ4n) is 3.67. The van der Waals surface area contributed by atoms with Gasteiger partial charge in [-0.2, -0.15) is 0 Å². The maximum absolute atomic E-state index is 12.2. The van der Waals surface area contributed by atoms with E-state index >= 15 is 0 Å². The molecule has 3 unspecified atom stereocenters. The number of rotatable bonds is 4. The molecule has 1 heterocycles. The molecule has 0 bridgehead atoms. The molecule has 0 spiro atoms. The van der Waals surface area contributed by atoms with Crippen LogP contribution in [0.2, 0.25) is 0 Å². The molecule has 1 saturated carbocycles. The lowest BCUT2D eigenvalue weighted by Crippen LogP contribution is -2.52. The zero-order valence-electron chi connectivity index (χ0n) is 13.0. The summed E-state index contributed by atoms with van der Waals surface area (Å²) in [4.78, 5) is 12.2. The second-order valence-electron chi connectivity index (χ2n) is 6.64. The highest BCUT2D eigenvalue weighted by Gasteiger charge is 2.25. The molecule has 0 aromatic heterocycles. The van der Waals surface area contributed by atoms with E-state index < -0.39 is 0 Å². The van der Waals surface area contributed by atoms with Crippen molar-refractivity contribution in [1.82, 2.24) is 10.6 Å². The van der Waals surface area contributed by atoms with E-state index in [2.05, 4.69) is 24.5 Å². The van der Waals surface area contributed by atoms with Crippen LogP contribution in [-0.4, -0.2) is 24.5 Å². The van der Waals surface area contributed by atoms with E-state index in [1.807, 2.05) is 0 Å². The molecule has 1 amide bonds. The summed E-state index contributed by atoms with van der Waals surface area (Å²) in [7, 11) is 0. The standard InChI is InChI=1S/C16H30N2O.ClH/c1-12(14-7-4-3-5-8-14)11-16(19)18-15-9-6-10-17-13(15)2;/h12-15,17H,3-11H2,1-2H3,(H,18,19);1H. The Balaban J connectivity index is 0.00000200. The van der Waals surface area contributed by atoms with E-state index in [-0.39, 0.29) is 18.3 Å². The Kier molecular flexibility index (Phi) is 7.90. The molecule has 2 aliphatic rings. The van der Waals surface area contributed by atoms with Crippen molar-refractivity contribution in [3.63, 3.8) is 0 Å². The molecule has 2 fully saturated rings. The van der Waals surface area contributed by atoms with Gasteiger partial charge in [-0.1, -0.05) is 39.0 Å². The molecule has 3 nitrogen and oxygen atoms in total. The number of halogens is 1. The number of piperidine rings is 1. The van der Waals surface area contributed by atoms with Gasteiger partial charge < -0.3 is 10.6 Å².